The number of aryl methyl sites for hydroxylation is 1. The smallest absolute Gasteiger partial charge is 0.405 e. The summed E-state index contributed by atoms with van der Waals surface area (Å²) >= 11 is 0. The zero-order chi connectivity index (χ0) is 24.5. The fourth-order valence-electron chi connectivity index (χ4n) is 3.40. The molecule has 0 amide bonds. The van der Waals surface area contributed by atoms with E-state index in [-0.39, 0.29) is 17.6 Å². The number of benzene rings is 1. The molecule has 1 aromatic carbocycles. The molecule has 178 valence electrons. The number of halogens is 3. The summed E-state index contributed by atoms with van der Waals surface area (Å²) in [4.78, 5) is 13.4. The van der Waals surface area contributed by atoms with E-state index in [1.165, 1.54) is 6.07 Å². The van der Waals surface area contributed by atoms with Gasteiger partial charge >= 0.3 is 6.36 Å². The van der Waals surface area contributed by atoms with Crippen LogP contribution in [0.1, 0.15) is 32.2 Å². The summed E-state index contributed by atoms with van der Waals surface area (Å²) in [5.74, 6) is 0.671. The van der Waals surface area contributed by atoms with Crippen LogP contribution < -0.4 is 10.1 Å². The molecule has 4 aromatic rings. The van der Waals surface area contributed by atoms with Crippen molar-refractivity contribution < 1.29 is 17.9 Å². The van der Waals surface area contributed by atoms with Crippen molar-refractivity contribution in [2.24, 2.45) is 12.5 Å². The van der Waals surface area contributed by atoms with Gasteiger partial charge in [-0.25, -0.2) is 15.0 Å². The van der Waals surface area contributed by atoms with E-state index in [4.69, 9.17) is 0 Å². The normalized spacial score (nSPS) is 12.2. The monoisotopic (exact) mass is 470 g/mol. The lowest BCUT2D eigenvalue weighted by Gasteiger charge is -2.19. The Labute approximate surface area is 195 Å². The number of nitrogens with one attached hydrogen (secondary N) is 1. The number of hydrogen-bond donors (Lipinski definition) is 1. The molecule has 0 spiro atoms. The number of alkyl halides is 3. The third kappa shape index (κ3) is 5.81. The molecule has 7 nitrogen and oxygen atoms in total. The van der Waals surface area contributed by atoms with E-state index in [0.29, 0.717) is 40.4 Å². The van der Waals surface area contributed by atoms with Gasteiger partial charge in [0.25, 0.3) is 0 Å². The summed E-state index contributed by atoms with van der Waals surface area (Å²) in [5.41, 5.74) is 2.20. The van der Waals surface area contributed by atoms with Crippen molar-refractivity contribution in [2.45, 2.75) is 33.6 Å². The maximum absolute atomic E-state index is 13.2. The van der Waals surface area contributed by atoms with E-state index in [1.54, 1.807) is 54.7 Å². The van der Waals surface area contributed by atoms with Crippen molar-refractivity contribution >= 4 is 16.7 Å². The van der Waals surface area contributed by atoms with Gasteiger partial charge in [-0.15, -0.1) is 13.2 Å². The first-order valence-corrected chi connectivity index (χ1v) is 10.7. The summed E-state index contributed by atoms with van der Waals surface area (Å²) < 4.78 is 45.4. The molecule has 0 bridgehead atoms. The Kier molecular flexibility index (Phi) is 6.16. The fourth-order valence-corrected chi connectivity index (χ4v) is 3.40. The number of anilines is 1. The topological polar surface area (TPSA) is 77.8 Å². The standard InChI is InChI=1S/C24H25F3N6O/c1-23(2,3)14-30-22-21-17(7-8-28-22)11-29-20(32-21)10-16-6-5-15(18-12-31-33(4)13-18)9-19(16)34-24(25,26)27/h5-9,11-13H,10,14H2,1-4H3,(H,28,30). The van der Waals surface area contributed by atoms with E-state index in [1.807, 2.05) is 0 Å². The highest BCUT2D eigenvalue weighted by Gasteiger charge is 2.32. The highest BCUT2D eigenvalue weighted by molar-refractivity contribution is 5.87. The van der Waals surface area contributed by atoms with Crippen molar-refractivity contribution in [3.63, 3.8) is 0 Å². The number of rotatable bonds is 6. The van der Waals surface area contributed by atoms with Gasteiger partial charge in [-0.2, -0.15) is 5.10 Å². The zero-order valence-corrected chi connectivity index (χ0v) is 19.3. The van der Waals surface area contributed by atoms with Crippen LogP contribution in [0, 0.1) is 5.41 Å². The van der Waals surface area contributed by atoms with E-state index in [2.05, 4.69) is 50.9 Å². The minimum atomic E-state index is -4.83. The predicted molar refractivity (Wildman–Crippen MR) is 123 cm³/mol. The molecule has 0 fully saturated rings. The number of ether oxygens (including phenoxy) is 1. The largest absolute Gasteiger partial charge is 0.573 e. The summed E-state index contributed by atoms with van der Waals surface area (Å²) in [7, 11) is 1.74. The molecule has 34 heavy (non-hydrogen) atoms. The summed E-state index contributed by atoms with van der Waals surface area (Å²) in [6.45, 7) is 6.98. The van der Waals surface area contributed by atoms with Crippen molar-refractivity contribution in [3.8, 4) is 16.9 Å². The van der Waals surface area contributed by atoms with Crippen molar-refractivity contribution in [1.82, 2.24) is 24.7 Å². The molecular weight excluding hydrogens is 445 g/mol. The van der Waals surface area contributed by atoms with Crippen LogP contribution in [0.2, 0.25) is 0 Å². The van der Waals surface area contributed by atoms with Crippen LogP contribution in [0.15, 0.2) is 49.1 Å². The van der Waals surface area contributed by atoms with Gasteiger partial charge in [0.1, 0.15) is 17.1 Å². The van der Waals surface area contributed by atoms with Crippen LogP contribution in [0.5, 0.6) is 5.75 Å². The molecule has 3 aromatic heterocycles. The zero-order valence-electron chi connectivity index (χ0n) is 19.3. The first-order chi connectivity index (χ1) is 16.0. The average Bonchev–Trinajstić information content (AvgIpc) is 3.18. The SMILES string of the molecule is Cn1cc(-c2ccc(Cc3ncc4ccnc(NCC(C)(C)C)c4n3)c(OC(F)(F)F)c2)cn1. The van der Waals surface area contributed by atoms with Crippen LogP contribution in [-0.4, -0.2) is 37.6 Å². The maximum Gasteiger partial charge on any atom is 0.573 e. The Balaban J connectivity index is 1.68. The van der Waals surface area contributed by atoms with Crippen LogP contribution in [-0.2, 0) is 13.5 Å². The number of pyridine rings is 1. The molecule has 0 aliphatic heterocycles. The maximum atomic E-state index is 13.2. The van der Waals surface area contributed by atoms with Crippen molar-refractivity contribution in [3.05, 3.63) is 60.4 Å². The van der Waals surface area contributed by atoms with Crippen LogP contribution in [0.4, 0.5) is 19.0 Å². The molecule has 0 radical (unpaired) electrons. The van der Waals surface area contributed by atoms with Gasteiger partial charge in [0, 0.05) is 55.1 Å². The van der Waals surface area contributed by atoms with Gasteiger partial charge in [-0.05, 0) is 23.1 Å². The fraction of sp³-hybridized carbons (Fsp3) is 0.333. The first kappa shape index (κ1) is 23.5. The molecule has 0 aliphatic carbocycles. The second-order valence-electron chi connectivity index (χ2n) is 9.25. The number of nitrogens with zero attached hydrogens (tertiary/aromatic N) is 5. The number of fused-ring (bicyclic) bond motifs is 1. The quantitative estimate of drug-likeness (QED) is 0.408. The van der Waals surface area contributed by atoms with Gasteiger partial charge < -0.3 is 10.1 Å². The summed E-state index contributed by atoms with van der Waals surface area (Å²) in [5, 5.41) is 8.17. The number of hydrogen-bond acceptors (Lipinski definition) is 6. The van der Waals surface area contributed by atoms with Crippen molar-refractivity contribution in [1.29, 1.82) is 0 Å². The Bertz CT molecular complexity index is 1310. The molecule has 0 unspecified atom stereocenters. The van der Waals surface area contributed by atoms with Gasteiger partial charge in [0.05, 0.1) is 6.20 Å². The van der Waals surface area contributed by atoms with Crippen LogP contribution in [0.25, 0.3) is 22.0 Å². The second kappa shape index (κ2) is 8.92. The molecule has 1 N–H and O–H groups in total. The van der Waals surface area contributed by atoms with Crippen molar-refractivity contribution in [2.75, 3.05) is 11.9 Å². The van der Waals surface area contributed by atoms with Crippen LogP contribution in [0.3, 0.4) is 0 Å². The highest BCUT2D eigenvalue weighted by atomic mass is 19.4. The molecular formula is C24H25F3N6O. The lowest BCUT2D eigenvalue weighted by atomic mass is 9.97. The highest BCUT2D eigenvalue weighted by Crippen LogP contribution is 2.32. The summed E-state index contributed by atoms with van der Waals surface area (Å²) in [6.07, 6.45) is 1.84. The van der Waals surface area contributed by atoms with E-state index in [9.17, 15) is 13.2 Å². The van der Waals surface area contributed by atoms with E-state index in [0.717, 1.165) is 5.39 Å². The predicted octanol–water partition coefficient (Wildman–Crippen LogP) is 5.37. The summed E-state index contributed by atoms with van der Waals surface area (Å²) in [6, 6.07) is 6.48. The van der Waals surface area contributed by atoms with Gasteiger partial charge in [-0.1, -0.05) is 32.9 Å². The lowest BCUT2D eigenvalue weighted by molar-refractivity contribution is -0.274. The molecule has 10 heteroatoms. The Hall–Kier alpha value is -3.69. The molecule has 3 heterocycles. The lowest BCUT2D eigenvalue weighted by Crippen LogP contribution is -2.20. The Morgan fingerprint density at radius 2 is 1.82 bits per heavy atom. The third-order valence-corrected chi connectivity index (χ3v) is 5.01. The molecule has 0 saturated carbocycles. The third-order valence-electron chi connectivity index (χ3n) is 5.01. The first-order valence-electron chi connectivity index (χ1n) is 10.7. The van der Waals surface area contributed by atoms with E-state index < -0.39 is 6.36 Å². The van der Waals surface area contributed by atoms with Gasteiger partial charge in [0.2, 0.25) is 0 Å². The van der Waals surface area contributed by atoms with Gasteiger partial charge in [-0.3, -0.25) is 4.68 Å². The Morgan fingerprint density at radius 3 is 2.50 bits per heavy atom. The van der Waals surface area contributed by atoms with E-state index >= 15 is 0 Å². The number of aromatic nitrogens is 5. The minimum Gasteiger partial charge on any atom is -0.405 e. The Morgan fingerprint density at radius 1 is 1.03 bits per heavy atom. The van der Waals surface area contributed by atoms with Gasteiger partial charge in [0.15, 0.2) is 5.82 Å². The molecule has 0 aliphatic rings. The molecule has 4 rings (SSSR count). The molecule has 0 atom stereocenters. The molecule has 0 saturated heterocycles. The average molecular weight is 470 g/mol. The van der Waals surface area contributed by atoms with Crippen LogP contribution >= 0.6 is 0 Å². The second-order valence-corrected chi connectivity index (χ2v) is 9.25. The minimum absolute atomic E-state index is 0.0273.